The van der Waals surface area contributed by atoms with Gasteiger partial charge in [0.15, 0.2) is 17.4 Å². The second kappa shape index (κ2) is 9.52. The molecule has 0 unspecified atom stereocenters. The Bertz CT molecular complexity index is 1010. The lowest BCUT2D eigenvalue weighted by Crippen LogP contribution is -2.50. The third-order valence-corrected chi connectivity index (χ3v) is 6.21. The number of aromatic nitrogens is 2. The van der Waals surface area contributed by atoms with Gasteiger partial charge in [0.05, 0.1) is 12.6 Å². The number of hydrogen-bond acceptors (Lipinski definition) is 9. The third-order valence-electron chi connectivity index (χ3n) is 6.21. The lowest BCUT2D eigenvalue weighted by molar-refractivity contribution is 0.101. The zero-order chi connectivity index (χ0) is 23.7. The number of ketones is 1. The van der Waals surface area contributed by atoms with Crippen molar-refractivity contribution in [3.05, 3.63) is 35.4 Å². The molecule has 0 saturated carbocycles. The summed E-state index contributed by atoms with van der Waals surface area (Å²) >= 11 is 0. The van der Waals surface area contributed by atoms with Crippen molar-refractivity contribution in [3.8, 4) is 0 Å². The van der Waals surface area contributed by atoms with E-state index in [9.17, 15) is 9.90 Å². The number of anilines is 4. The van der Waals surface area contributed by atoms with Crippen LogP contribution in [0.25, 0.3) is 0 Å². The van der Waals surface area contributed by atoms with Crippen LogP contribution in [0.4, 0.5) is 23.3 Å². The number of hydrogen-bond donors (Lipinski definition) is 3. The fourth-order valence-electron chi connectivity index (χ4n) is 4.40. The third kappa shape index (κ3) is 4.60. The van der Waals surface area contributed by atoms with Crippen molar-refractivity contribution in [3.63, 3.8) is 0 Å². The van der Waals surface area contributed by atoms with E-state index in [-0.39, 0.29) is 30.5 Å². The molecule has 1 saturated heterocycles. The molecule has 0 aliphatic carbocycles. The second-order valence-electron chi connectivity index (χ2n) is 9.35. The zero-order valence-electron chi connectivity index (χ0n) is 20.2. The molecular formula is C24H35N7O2. The number of nitrogens with one attached hydrogen (secondary N) is 2. The number of hydrazine groups is 2. The number of aliphatic hydroxyl groups excluding tert-OH is 1. The molecule has 4 rings (SSSR count). The first-order chi connectivity index (χ1) is 15.8. The fraction of sp³-hybridized carbons (Fsp3) is 0.542. The monoisotopic (exact) mass is 453 g/mol. The van der Waals surface area contributed by atoms with Gasteiger partial charge in [-0.1, -0.05) is 18.2 Å². The first kappa shape index (κ1) is 23.3. The van der Waals surface area contributed by atoms with Crippen molar-refractivity contribution in [2.45, 2.75) is 72.1 Å². The van der Waals surface area contributed by atoms with Crippen molar-refractivity contribution < 1.29 is 9.90 Å². The summed E-state index contributed by atoms with van der Waals surface area (Å²) in [4.78, 5) is 23.8. The minimum absolute atomic E-state index is 0.0335. The van der Waals surface area contributed by atoms with Crippen LogP contribution in [0.5, 0.6) is 0 Å². The maximum Gasteiger partial charge on any atom is 0.229 e. The highest BCUT2D eigenvalue weighted by Crippen LogP contribution is 2.41. The van der Waals surface area contributed by atoms with Crippen LogP contribution in [0.1, 0.15) is 63.4 Å². The number of carbonyl (C=O) groups excluding carboxylic acids is 1. The fourth-order valence-corrected chi connectivity index (χ4v) is 4.40. The Hall–Kier alpha value is -2.91. The van der Waals surface area contributed by atoms with Crippen LogP contribution < -0.4 is 25.8 Å². The van der Waals surface area contributed by atoms with Gasteiger partial charge in [0.1, 0.15) is 5.69 Å². The Labute approximate surface area is 195 Å². The largest absolute Gasteiger partial charge is 0.394 e. The van der Waals surface area contributed by atoms with Crippen LogP contribution in [0.3, 0.4) is 0 Å². The van der Waals surface area contributed by atoms with Gasteiger partial charge in [-0.2, -0.15) is 9.97 Å². The molecule has 0 radical (unpaired) electrons. The molecule has 1 aromatic heterocycles. The maximum absolute atomic E-state index is 11.8. The molecule has 2 aliphatic rings. The predicted molar refractivity (Wildman–Crippen MR) is 132 cm³/mol. The highest BCUT2D eigenvalue weighted by molar-refractivity contribution is 5.94. The van der Waals surface area contributed by atoms with E-state index in [1.807, 2.05) is 24.3 Å². The van der Waals surface area contributed by atoms with Crippen molar-refractivity contribution in [1.29, 1.82) is 0 Å². The number of rotatable bonds is 8. The molecule has 2 aliphatic heterocycles. The van der Waals surface area contributed by atoms with E-state index in [2.05, 4.69) is 53.5 Å². The van der Waals surface area contributed by atoms with Crippen LogP contribution in [0.2, 0.25) is 0 Å². The molecule has 0 amide bonds. The molecule has 178 valence electrons. The number of Topliss-reactive ketones (excluding diaryl/α,β-unsaturated/α-hetero) is 1. The average molecular weight is 454 g/mol. The molecule has 0 bridgehead atoms. The average Bonchev–Trinajstić information content (AvgIpc) is 3.42. The first-order valence-electron chi connectivity index (χ1n) is 11.8. The number of nitrogens with zero attached hydrogens (tertiary/aromatic N) is 5. The maximum atomic E-state index is 11.8. The summed E-state index contributed by atoms with van der Waals surface area (Å²) in [7, 11) is 0. The van der Waals surface area contributed by atoms with Crippen molar-refractivity contribution in [1.82, 2.24) is 15.5 Å². The SMILES string of the molecule is CC(=O)c1cccc(CNc2nc(N3CCC[C@@H]3CO)nc3c2N(C(C)C)NN3C(C)C)c1. The molecule has 3 N–H and O–H groups in total. The standard InChI is InChI=1S/C24H35N7O2/c1-15(2)30-21-22(25-13-18-8-6-9-19(12-18)17(5)33)26-24(29-11-7-10-20(29)14-32)27-23(21)31(28-30)16(3)4/h6,8-9,12,15-16,20,28,32H,7,10-11,13-14H2,1-5H3,(H,25,26,27)/t20-/m1/s1. The minimum Gasteiger partial charge on any atom is -0.394 e. The molecule has 0 spiro atoms. The summed E-state index contributed by atoms with van der Waals surface area (Å²) < 4.78 is 0. The second-order valence-corrected chi connectivity index (χ2v) is 9.35. The smallest absolute Gasteiger partial charge is 0.229 e. The van der Waals surface area contributed by atoms with E-state index in [4.69, 9.17) is 9.97 Å². The van der Waals surface area contributed by atoms with E-state index >= 15 is 0 Å². The van der Waals surface area contributed by atoms with E-state index in [0.717, 1.165) is 42.3 Å². The molecule has 2 aromatic rings. The molecule has 3 heterocycles. The van der Waals surface area contributed by atoms with Gasteiger partial charge in [0, 0.05) is 30.7 Å². The Kier molecular flexibility index (Phi) is 6.71. The van der Waals surface area contributed by atoms with E-state index in [1.54, 1.807) is 6.92 Å². The lowest BCUT2D eigenvalue weighted by Gasteiger charge is -2.27. The Morgan fingerprint density at radius 3 is 2.64 bits per heavy atom. The number of benzene rings is 1. The molecule has 9 nitrogen and oxygen atoms in total. The van der Waals surface area contributed by atoms with E-state index < -0.39 is 0 Å². The summed E-state index contributed by atoms with van der Waals surface area (Å²) in [5.41, 5.74) is 6.08. The van der Waals surface area contributed by atoms with Crippen LogP contribution in [-0.4, -0.2) is 52.1 Å². The lowest BCUT2D eigenvalue weighted by atomic mass is 10.1. The van der Waals surface area contributed by atoms with Gasteiger partial charge in [0.25, 0.3) is 0 Å². The van der Waals surface area contributed by atoms with Gasteiger partial charge in [-0.15, -0.1) is 5.53 Å². The molecule has 1 fully saturated rings. The number of aliphatic hydroxyl groups is 1. The van der Waals surface area contributed by atoms with Gasteiger partial charge in [0.2, 0.25) is 5.95 Å². The van der Waals surface area contributed by atoms with Gasteiger partial charge in [-0.3, -0.25) is 14.8 Å². The Morgan fingerprint density at radius 1 is 1.21 bits per heavy atom. The van der Waals surface area contributed by atoms with Crippen LogP contribution in [0.15, 0.2) is 24.3 Å². The van der Waals surface area contributed by atoms with Crippen molar-refractivity contribution >= 4 is 29.1 Å². The normalized spacial score (nSPS) is 17.9. The summed E-state index contributed by atoms with van der Waals surface area (Å²) in [5.74, 6) is 2.24. The molecule has 1 atom stereocenters. The van der Waals surface area contributed by atoms with E-state index in [0.29, 0.717) is 18.1 Å². The van der Waals surface area contributed by atoms with Gasteiger partial charge >= 0.3 is 0 Å². The topological polar surface area (TPSA) is 96.9 Å². The van der Waals surface area contributed by atoms with Gasteiger partial charge in [-0.05, 0) is 59.1 Å². The highest BCUT2D eigenvalue weighted by Gasteiger charge is 2.36. The summed E-state index contributed by atoms with van der Waals surface area (Å²) in [5, 5.41) is 17.5. The highest BCUT2D eigenvalue weighted by atomic mass is 16.3. The minimum atomic E-state index is 0.0335. The summed E-state index contributed by atoms with van der Waals surface area (Å²) in [6.45, 7) is 11.5. The van der Waals surface area contributed by atoms with E-state index in [1.165, 1.54) is 0 Å². The van der Waals surface area contributed by atoms with Gasteiger partial charge < -0.3 is 15.3 Å². The number of carbonyl (C=O) groups is 1. The van der Waals surface area contributed by atoms with Gasteiger partial charge in [-0.25, -0.2) is 0 Å². The van der Waals surface area contributed by atoms with Crippen LogP contribution in [0, 0.1) is 0 Å². The van der Waals surface area contributed by atoms with Crippen molar-refractivity contribution in [2.75, 3.05) is 33.4 Å². The van der Waals surface area contributed by atoms with Crippen LogP contribution in [-0.2, 0) is 6.54 Å². The van der Waals surface area contributed by atoms with Crippen molar-refractivity contribution in [2.24, 2.45) is 0 Å². The number of fused-ring (bicyclic) bond motifs is 1. The predicted octanol–water partition coefficient (Wildman–Crippen LogP) is 3.12. The molecule has 33 heavy (non-hydrogen) atoms. The Morgan fingerprint density at radius 2 is 1.97 bits per heavy atom. The molecule has 9 heteroatoms. The van der Waals surface area contributed by atoms with Crippen LogP contribution >= 0.6 is 0 Å². The summed E-state index contributed by atoms with van der Waals surface area (Å²) in [6, 6.07) is 8.05. The summed E-state index contributed by atoms with van der Waals surface area (Å²) in [6.07, 6.45) is 1.94. The Balaban J connectivity index is 1.74. The quantitative estimate of drug-likeness (QED) is 0.521. The molecular weight excluding hydrogens is 418 g/mol. The molecule has 1 aromatic carbocycles. The zero-order valence-corrected chi connectivity index (χ0v) is 20.2. The first-order valence-corrected chi connectivity index (χ1v) is 11.8.